The number of amides is 1. The van der Waals surface area contributed by atoms with Gasteiger partial charge in [-0.25, -0.2) is 9.18 Å². The number of benzene rings is 1. The second-order valence-electron chi connectivity index (χ2n) is 7.01. The highest BCUT2D eigenvalue weighted by Crippen LogP contribution is 2.23. The van der Waals surface area contributed by atoms with E-state index >= 15 is 0 Å². The first-order valence-corrected chi connectivity index (χ1v) is 8.15. The van der Waals surface area contributed by atoms with Gasteiger partial charge >= 0.3 is 6.09 Å². The first-order chi connectivity index (χ1) is 11.3. The quantitative estimate of drug-likeness (QED) is 0.789. The number of nitrogens with zero attached hydrogens (tertiary/aromatic N) is 1. The molecule has 0 bridgehead atoms. The highest BCUT2D eigenvalue weighted by Gasteiger charge is 2.27. The molecule has 1 heterocycles. The summed E-state index contributed by atoms with van der Waals surface area (Å²) >= 11 is 0. The molecule has 0 unspecified atom stereocenters. The molecule has 1 fully saturated rings. The molecule has 24 heavy (non-hydrogen) atoms. The van der Waals surface area contributed by atoms with E-state index in [4.69, 9.17) is 15.9 Å². The van der Waals surface area contributed by atoms with Crippen molar-refractivity contribution in [2.45, 2.75) is 39.2 Å². The summed E-state index contributed by atoms with van der Waals surface area (Å²) in [6.45, 7) is 7.29. The molecule has 4 nitrogen and oxygen atoms in total. The smallest absolute Gasteiger partial charge is 0.410 e. The summed E-state index contributed by atoms with van der Waals surface area (Å²) in [7, 11) is 0. The molecule has 0 aliphatic carbocycles. The fraction of sp³-hybridized carbons (Fsp3) is 0.526. The van der Waals surface area contributed by atoms with Crippen LogP contribution in [0.25, 0.3) is 0 Å². The van der Waals surface area contributed by atoms with Crippen molar-refractivity contribution in [3.63, 3.8) is 0 Å². The van der Waals surface area contributed by atoms with Crippen LogP contribution in [0.4, 0.5) is 9.18 Å². The number of terminal acetylenes is 1. The van der Waals surface area contributed by atoms with Crippen LogP contribution in [-0.2, 0) is 4.74 Å². The van der Waals surface area contributed by atoms with Gasteiger partial charge in [0.1, 0.15) is 17.2 Å². The lowest BCUT2D eigenvalue weighted by molar-refractivity contribution is 0.0165. The number of hydrogen-bond donors (Lipinski definition) is 0. The van der Waals surface area contributed by atoms with Crippen molar-refractivity contribution in [2.75, 3.05) is 19.7 Å². The lowest BCUT2D eigenvalue weighted by atomic mass is 9.98. The average molecular weight is 333 g/mol. The molecule has 5 heteroatoms. The fourth-order valence-corrected chi connectivity index (χ4v) is 2.55. The normalized spacial score (nSPS) is 15.7. The third-order valence-corrected chi connectivity index (χ3v) is 3.84. The Kier molecular flexibility index (Phi) is 5.71. The molecular weight excluding hydrogens is 309 g/mol. The van der Waals surface area contributed by atoms with Gasteiger partial charge < -0.3 is 14.4 Å². The molecule has 1 aromatic carbocycles. The number of rotatable bonds is 3. The summed E-state index contributed by atoms with van der Waals surface area (Å²) in [5.41, 5.74) is 0.0580. The van der Waals surface area contributed by atoms with Crippen LogP contribution in [0.5, 0.6) is 5.75 Å². The van der Waals surface area contributed by atoms with E-state index in [0.717, 1.165) is 12.8 Å². The first kappa shape index (κ1) is 18.1. The van der Waals surface area contributed by atoms with Crippen LogP contribution in [0.3, 0.4) is 0 Å². The molecule has 0 N–H and O–H groups in total. The van der Waals surface area contributed by atoms with E-state index in [-0.39, 0.29) is 11.9 Å². The van der Waals surface area contributed by atoms with Crippen molar-refractivity contribution in [3.8, 4) is 18.1 Å². The molecule has 1 aromatic rings. The van der Waals surface area contributed by atoms with Gasteiger partial charge in [-0.1, -0.05) is 5.92 Å². The van der Waals surface area contributed by atoms with Gasteiger partial charge in [-0.15, -0.1) is 6.42 Å². The number of ether oxygens (including phenoxy) is 2. The standard InChI is InChI=1S/C19H24FNO3/c1-5-15-6-7-16(20)12-17(15)23-13-14-8-10-21(11-9-14)18(22)24-19(2,3)4/h1,6-7,12,14H,8-11,13H2,2-4H3. The highest BCUT2D eigenvalue weighted by molar-refractivity contribution is 5.68. The summed E-state index contributed by atoms with van der Waals surface area (Å²) in [6, 6.07) is 4.17. The number of carbonyl (C=O) groups is 1. The minimum absolute atomic E-state index is 0.276. The van der Waals surface area contributed by atoms with Crippen LogP contribution < -0.4 is 4.74 Å². The third-order valence-electron chi connectivity index (χ3n) is 3.84. The third kappa shape index (κ3) is 5.16. The molecule has 0 radical (unpaired) electrons. The monoisotopic (exact) mass is 333 g/mol. The van der Waals surface area contributed by atoms with E-state index in [2.05, 4.69) is 5.92 Å². The van der Waals surface area contributed by atoms with Crippen molar-refractivity contribution in [1.82, 2.24) is 4.90 Å². The van der Waals surface area contributed by atoms with Crippen molar-refractivity contribution in [3.05, 3.63) is 29.6 Å². The van der Waals surface area contributed by atoms with Gasteiger partial charge in [0, 0.05) is 19.2 Å². The molecule has 0 saturated carbocycles. The van der Waals surface area contributed by atoms with E-state index in [1.807, 2.05) is 20.8 Å². The molecule has 1 aliphatic heterocycles. The predicted molar refractivity (Wildman–Crippen MR) is 90.4 cm³/mol. The zero-order valence-corrected chi connectivity index (χ0v) is 14.5. The Morgan fingerprint density at radius 2 is 2.04 bits per heavy atom. The molecule has 0 spiro atoms. The van der Waals surface area contributed by atoms with Gasteiger partial charge in [-0.2, -0.15) is 0 Å². The minimum atomic E-state index is -0.486. The van der Waals surface area contributed by atoms with Crippen molar-refractivity contribution in [1.29, 1.82) is 0 Å². The van der Waals surface area contributed by atoms with Crippen LogP contribution in [-0.4, -0.2) is 36.3 Å². The Labute approximate surface area is 142 Å². The maximum Gasteiger partial charge on any atom is 0.410 e. The van der Waals surface area contributed by atoms with Gasteiger partial charge in [0.05, 0.1) is 12.2 Å². The molecule has 0 aromatic heterocycles. The molecule has 130 valence electrons. The number of carbonyl (C=O) groups excluding carboxylic acids is 1. The number of halogens is 1. The van der Waals surface area contributed by atoms with Gasteiger partial charge in [0.25, 0.3) is 0 Å². The average Bonchev–Trinajstić information content (AvgIpc) is 2.52. The van der Waals surface area contributed by atoms with Crippen LogP contribution in [0.2, 0.25) is 0 Å². The van der Waals surface area contributed by atoms with Crippen LogP contribution in [0, 0.1) is 24.1 Å². The summed E-state index contributed by atoms with van der Waals surface area (Å²) in [4.78, 5) is 13.7. The Morgan fingerprint density at radius 3 is 2.62 bits per heavy atom. The summed E-state index contributed by atoms with van der Waals surface area (Å²) in [6.07, 6.45) is 6.76. The summed E-state index contributed by atoms with van der Waals surface area (Å²) < 4.78 is 24.4. The maximum atomic E-state index is 13.3. The van der Waals surface area contributed by atoms with Crippen molar-refractivity contribution in [2.24, 2.45) is 5.92 Å². The zero-order valence-electron chi connectivity index (χ0n) is 14.5. The zero-order chi connectivity index (χ0) is 17.7. The minimum Gasteiger partial charge on any atom is -0.492 e. The van der Waals surface area contributed by atoms with Gasteiger partial charge in [0.15, 0.2) is 0 Å². The first-order valence-electron chi connectivity index (χ1n) is 8.15. The van der Waals surface area contributed by atoms with Gasteiger partial charge in [0.2, 0.25) is 0 Å². The van der Waals surface area contributed by atoms with Crippen molar-refractivity contribution >= 4 is 6.09 Å². The van der Waals surface area contributed by atoms with Crippen LogP contribution in [0.15, 0.2) is 18.2 Å². The SMILES string of the molecule is C#Cc1ccc(F)cc1OCC1CCN(C(=O)OC(C)(C)C)CC1. The highest BCUT2D eigenvalue weighted by atomic mass is 19.1. The van der Waals surface area contributed by atoms with E-state index in [1.165, 1.54) is 18.2 Å². The summed E-state index contributed by atoms with van der Waals surface area (Å²) in [5.74, 6) is 2.82. The maximum absolute atomic E-state index is 13.3. The Hall–Kier alpha value is -2.22. The second-order valence-corrected chi connectivity index (χ2v) is 7.01. The molecule has 1 saturated heterocycles. The Morgan fingerprint density at radius 1 is 1.38 bits per heavy atom. The predicted octanol–water partition coefficient (Wildman–Crippen LogP) is 3.83. The number of hydrogen-bond acceptors (Lipinski definition) is 3. The fourth-order valence-electron chi connectivity index (χ4n) is 2.55. The van der Waals surface area contributed by atoms with Gasteiger partial charge in [-0.05, 0) is 51.7 Å². The van der Waals surface area contributed by atoms with E-state index in [9.17, 15) is 9.18 Å². The lowest BCUT2D eigenvalue weighted by Gasteiger charge is -2.33. The Bertz CT molecular complexity index is 622. The lowest BCUT2D eigenvalue weighted by Crippen LogP contribution is -2.42. The van der Waals surface area contributed by atoms with E-state index < -0.39 is 5.60 Å². The molecule has 0 atom stereocenters. The van der Waals surface area contributed by atoms with E-state index in [1.54, 1.807) is 4.90 Å². The molecule has 1 aliphatic rings. The van der Waals surface area contributed by atoms with E-state index in [0.29, 0.717) is 36.9 Å². The number of likely N-dealkylation sites (tertiary alicyclic amines) is 1. The van der Waals surface area contributed by atoms with Crippen molar-refractivity contribution < 1.29 is 18.7 Å². The largest absolute Gasteiger partial charge is 0.492 e. The second kappa shape index (κ2) is 7.57. The molecular formula is C19H24FNO3. The number of piperidine rings is 1. The Balaban J connectivity index is 1.83. The molecule has 2 rings (SSSR count). The van der Waals surface area contributed by atoms with Gasteiger partial charge in [-0.3, -0.25) is 0 Å². The topological polar surface area (TPSA) is 38.8 Å². The summed E-state index contributed by atoms with van der Waals surface area (Å²) in [5, 5.41) is 0. The van der Waals surface area contributed by atoms with Crippen LogP contribution in [0.1, 0.15) is 39.2 Å². The van der Waals surface area contributed by atoms with Crippen LogP contribution >= 0.6 is 0 Å². The molecule has 1 amide bonds.